The number of rotatable bonds is 2. The predicted molar refractivity (Wildman–Crippen MR) is 79.1 cm³/mol. The molecule has 2 rings (SSSR count). The van der Waals surface area contributed by atoms with Crippen molar-refractivity contribution in [2.45, 2.75) is 20.8 Å². The highest BCUT2D eigenvalue weighted by molar-refractivity contribution is 5.77. The topological polar surface area (TPSA) is 109 Å². The fourth-order valence-electron chi connectivity index (χ4n) is 1.64. The summed E-state index contributed by atoms with van der Waals surface area (Å²) in [5, 5.41) is 20.7. The van der Waals surface area contributed by atoms with E-state index in [1.165, 1.54) is 24.3 Å². The molecule has 0 aliphatic heterocycles. The lowest BCUT2D eigenvalue weighted by Crippen LogP contribution is -2.15. The summed E-state index contributed by atoms with van der Waals surface area (Å²) in [6.45, 7) is 5.37. The molecule has 110 valence electrons. The molecule has 0 bridgehead atoms. The largest absolute Gasteiger partial charge is 0.512 e. The summed E-state index contributed by atoms with van der Waals surface area (Å²) >= 11 is 0. The van der Waals surface area contributed by atoms with Crippen molar-refractivity contribution in [3.8, 4) is 0 Å². The zero-order valence-electron chi connectivity index (χ0n) is 11.9. The zero-order chi connectivity index (χ0) is 15.8. The van der Waals surface area contributed by atoms with Gasteiger partial charge in [0, 0.05) is 23.6 Å². The summed E-state index contributed by atoms with van der Waals surface area (Å²) in [5.41, 5.74) is -0.402. The van der Waals surface area contributed by atoms with Crippen molar-refractivity contribution in [1.82, 2.24) is 9.97 Å². The normalized spacial score (nSPS) is 12.6. The Morgan fingerprint density at radius 1 is 1.43 bits per heavy atom. The summed E-state index contributed by atoms with van der Waals surface area (Å²) in [7, 11) is 0. The highest BCUT2D eigenvalue weighted by Gasteiger charge is 2.17. The minimum absolute atomic E-state index is 0.00489. The van der Waals surface area contributed by atoms with Gasteiger partial charge in [0.15, 0.2) is 0 Å². The number of hydrogen-bond donors (Lipinski definition) is 2. The summed E-state index contributed by atoms with van der Waals surface area (Å²) in [6.07, 6.45) is 1.27. The van der Waals surface area contributed by atoms with Gasteiger partial charge in [-0.3, -0.25) is 14.9 Å². The van der Waals surface area contributed by atoms with Gasteiger partial charge in [-0.05, 0) is 6.07 Å². The van der Waals surface area contributed by atoms with E-state index in [1.54, 1.807) is 20.8 Å². The van der Waals surface area contributed by atoms with Gasteiger partial charge in [-0.25, -0.2) is 4.98 Å². The fraction of sp³-hybridized carbons (Fsp3) is 0.286. The van der Waals surface area contributed by atoms with Gasteiger partial charge < -0.3 is 10.1 Å². The second kappa shape index (κ2) is 5.01. The van der Waals surface area contributed by atoms with Crippen molar-refractivity contribution < 1.29 is 10.0 Å². The van der Waals surface area contributed by atoms with E-state index in [9.17, 15) is 20.0 Å². The lowest BCUT2D eigenvalue weighted by molar-refractivity contribution is -0.384. The molecule has 0 aliphatic carbocycles. The van der Waals surface area contributed by atoms with Crippen LogP contribution in [0, 0.1) is 15.5 Å². The molecule has 0 aliphatic rings. The first kappa shape index (κ1) is 14.7. The molecule has 2 aromatic rings. The summed E-state index contributed by atoms with van der Waals surface area (Å²) in [4.78, 5) is 28.8. The van der Waals surface area contributed by atoms with Crippen molar-refractivity contribution in [2.75, 3.05) is 0 Å². The SMILES string of the molecule is CC(C)(C)/C(O)=C/c1nc2cc([N+](=O)[O-])ccc2[nH]c1=O. The van der Waals surface area contributed by atoms with E-state index in [4.69, 9.17) is 0 Å². The molecule has 0 unspecified atom stereocenters. The minimum Gasteiger partial charge on any atom is -0.512 e. The van der Waals surface area contributed by atoms with Crippen LogP contribution in [0.4, 0.5) is 5.69 Å². The van der Waals surface area contributed by atoms with Crippen LogP contribution in [0.5, 0.6) is 0 Å². The van der Waals surface area contributed by atoms with Crippen molar-refractivity contribution in [1.29, 1.82) is 0 Å². The van der Waals surface area contributed by atoms with Crippen LogP contribution in [-0.4, -0.2) is 20.0 Å². The van der Waals surface area contributed by atoms with Crippen molar-refractivity contribution in [3.05, 3.63) is 50.1 Å². The monoisotopic (exact) mass is 289 g/mol. The Bertz CT molecular complexity index is 800. The number of hydrogen-bond acceptors (Lipinski definition) is 5. The standard InChI is InChI=1S/C14H15N3O4/c1-14(2,3)12(18)7-11-13(19)16-9-5-4-8(17(20)21)6-10(9)15-11/h4-7,18H,1-3H3,(H,16,19)/b12-7-. The number of aromatic amines is 1. The lowest BCUT2D eigenvalue weighted by Gasteiger charge is -2.16. The molecule has 0 fully saturated rings. The first-order chi connectivity index (χ1) is 9.68. The van der Waals surface area contributed by atoms with Crippen LogP contribution in [0.1, 0.15) is 26.5 Å². The van der Waals surface area contributed by atoms with Gasteiger partial charge in [-0.2, -0.15) is 0 Å². The number of nitro benzene ring substituents is 1. The number of fused-ring (bicyclic) bond motifs is 1. The first-order valence-corrected chi connectivity index (χ1v) is 6.28. The third-order valence-electron chi connectivity index (χ3n) is 2.96. The van der Waals surface area contributed by atoms with E-state index in [2.05, 4.69) is 9.97 Å². The second-order valence-corrected chi connectivity index (χ2v) is 5.69. The van der Waals surface area contributed by atoms with Crippen LogP contribution < -0.4 is 5.56 Å². The molecule has 7 heteroatoms. The van der Waals surface area contributed by atoms with Gasteiger partial charge in [0.25, 0.3) is 11.2 Å². The maximum Gasteiger partial charge on any atom is 0.274 e. The number of nitro groups is 1. The van der Waals surface area contributed by atoms with Crippen LogP contribution in [-0.2, 0) is 0 Å². The molecule has 1 heterocycles. The fourth-order valence-corrected chi connectivity index (χ4v) is 1.64. The average molecular weight is 289 g/mol. The van der Waals surface area contributed by atoms with E-state index in [0.29, 0.717) is 5.52 Å². The van der Waals surface area contributed by atoms with E-state index in [-0.39, 0.29) is 22.7 Å². The molecule has 0 atom stereocenters. The Morgan fingerprint density at radius 2 is 2.10 bits per heavy atom. The summed E-state index contributed by atoms with van der Waals surface area (Å²) in [6, 6.07) is 4.00. The van der Waals surface area contributed by atoms with Crippen molar-refractivity contribution >= 4 is 22.8 Å². The van der Waals surface area contributed by atoms with Gasteiger partial charge in [0.1, 0.15) is 5.69 Å². The highest BCUT2D eigenvalue weighted by atomic mass is 16.6. The highest BCUT2D eigenvalue weighted by Crippen LogP contribution is 2.24. The third-order valence-corrected chi connectivity index (χ3v) is 2.96. The zero-order valence-corrected chi connectivity index (χ0v) is 11.9. The van der Waals surface area contributed by atoms with Crippen LogP contribution in [0.25, 0.3) is 17.1 Å². The number of aliphatic hydroxyl groups is 1. The van der Waals surface area contributed by atoms with Crippen molar-refractivity contribution in [3.63, 3.8) is 0 Å². The smallest absolute Gasteiger partial charge is 0.274 e. The van der Waals surface area contributed by atoms with Gasteiger partial charge in [0.2, 0.25) is 0 Å². The van der Waals surface area contributed by atoms with Gasteiger partial charge in [0.05, 0.1) is 21.7 Å². The van der Waals surface area contributed by atoms with E-state index in [1.807, 2.05) is 0 Å². The van der Waals surface area contributed by atoms with E-state index in [0.717, 1.165) is 0 Å². The maximum absolute atomic E-state index is 11.9. The van der Waals surface area contributed by atoms with E-state index < -0.39 is 15.9 Å². The molecule has 0 radical (unpaired) electrons. The quantitative estimate of drug-likeness (QED) is 0.502. The number of aliphatic hydroxyl groups excluding tert-OH is 1. The molecule has 7 nitrogen and oxygen atoms in total. The number of aromatic nitrogens is 2. The van der Waals surface area contributed by atoms with Crippen LogP contribution in [0.2, 0.25) is 0 Å². The average Bonchev–Trinajstić information content (AvgIpc) is 2.37. The van der Waals surface area contributed by atoms with Gasteiger partial charge >= 0.3 is 0 Å². The third kappa shape index (κ3) is 3.07. The Kier molecular flexibility index (Phi) is 3.51. The Hall–Kier alpha value is -2.70. The molecule has 2 N–H and O–H groups in total. The van der Waals surface area contributed by atoms with E-state index >= 15 is 0 Å². The Labute approximate surface area is 120 Å². The molecule has 0 spiro atoms. The van der Waals surface area contributed by atoms with Crippen molar-refractivity contribution in [2.24, 2.45) is 5.41 Å². The molecular weight excluding hydrogens is 274 g/mol. The van der Waals surface area contributed by atoms with Crippen LogP contribution in [0.15, 0.2) is 28.8 Å². The maximum atomic E-state index is 11.9. The molecule has 1 aromatic heterocycles. The molecule has 1 aromatic carbocycles. The molecule has 21 heavy (non-hydrogen) atoms. The number of benzene rings is 1. The molecule has 0 saturated carbocycles. The Balaban J connectivity index is 2.63. The number of non-ortho nitro benzene ring substituents is 1. The van der Waals surface area contributed by atoms with Gasteiger partial charge in [-0.1, -0.05) is 20.8 Å². The second-order valence-electron chi connectivity index (χ2n) is 5.69. The number of nitrogens with zero attached hydrogens (tertiary/aromatic N) is 2. The Morgan fingerprint density at radius 3 is 2.67 bits per heavy atom. The molecule has 0 amide bonds. The predicted octanol–water partition coefficient (Wildman–Crippen LogP) is 2.78. The number of allylic oxidation sites excluding steroid dienone is 1. The van der Waals surface area contributed by atoms with Crippen LogP contribution in [0.3, 0.4) is 0 Å². The summed E-state index contributed by atoms with van der Waals surface area (Å²) < 4.78 is 0. The number of H-pyrrole nitrogens is 1. The minimum atomic E-state index is -0.533. The van der Waals surface area contributed by atoms with Gasteiger partial charge in [-0.15, -0.1) is 0 Å². The number of nitrogens with one attached hydrogen (secondary N) is 1. The van der Waals surface area contributed by atoms with Crippen LogP contribution >= 0.6 is 0 Å². The molecule has 0 saturated heterocycles. The molecular formula is C14H15N3O4. The lowest BCUT2D eigenvalue weighted by atomic mass is 9.93. The first-order valence-electron chi connectivity index (χ1n) is 6.28. The summed E-state index contributed by atoms with van der Waals surface area (Å²) in [5.74, 6) is 0.00489.